The van der Waals surface area contributed by atoms with E-state index in [1.165, 1.54) is 36.4 Å². The van der Waals surface area contributed by atoms with Crippen molar-refractivity contribution in [3.63, 3.8) is 0 Å². The van der Waals surface area contributed by atoms with Crippen LogP contribution in [0, 0.1) is 0 Å². The molecule has 0 unspecified atom stereocenters. The van der Waals surface area contributed by atoms with E-state index in [2.05, 4.69) is 4.74 Å². The maximum Gasteiger partial charge on any atom is 0.573 e. The van der Waals surface area contributed by atoms with Crippen molar-refractivity contribution in [1.82, 2.24) is 0 Å². The van der Waals surface area contributed by atoms with Crippen LogP contribution in [0.25, 0.3) is 11.1 Å². The summed E-state index contributed by atoms with van der Waals surface area (Å²) < 4.78 is 40.4. The Balaban J connectivity index is 2.38. The zero-order valence-corrected chi connectivity index (χ0v) is 11.2. The molecule has 0 bridgehead atoms. The Morgan fingerprint density at radius 1 is 1.14 bits per heavy atom. The quantitative estimate of drug-likeness (QED) is 0.930. The first-order valence-electron chi connectivity index (χ1n) is 5.72. The molecular formula is C14H9ClF3NO2. The van der Waals surface area contributed by atoms with E-state index in [1.54, 1.807) is 6.07 Å². The van der Waals surface area contributed by atoms with Gasteiger partial charge in [-0.1, -0.05) is 29.8 Å². The number of halogens is 4. The van der Waals surface area contributed by atoms with Gasteiger partial charge in [-0.25, -0.2) is 0 Å². The Hall–Kier alpha value is -2.21. The normalized spacial score (nSPS) is 11.2. The van der Waals surface area contributed by atoms with Gasteiger partial charge in [0.05, 0.1) is 0 Å². The molecule has 2 N–H and O–H groups in total. The molecule has 2 aromatic carbocycles. The first-order valence-corrected chi connectivity index (χ1v) is 6.09. The number of rotatable bonds is 3. The molecule has 1 amide bonds. The Labute approximate surface area is 123 Å². The van der Waals surface area contributed by atoms with E-state index in [-0.39, 0.29) is 16.3 Å². The first-order chi connectivity index (χ1) is 9.76. The van der Waals surface area contributed by atoms with Gasteiger partial charge >= 0.3 is 6.36 Å². The van der Waals surface area contributed by atoms with Crippen molar-refractivity contribution in [2.24, 2.45) is 5.73 Å². The molecule has 0 saturated carbocycles. The van der Waals surface area contributed by atoms with E-state index >= 15 is 0 Å². The lowest BCUT2D eigenvalue weighted by Crippen LogP contribution is -2.17. The average molecular weight is 316 g/mol. The Kier molecular flexibility index (Phi) is 4.09. The van der Waals surface area contributed by atoms with E-state index in [9.17, 15) is 18.0 Å². The SMILES string of the molecule is NC(=O)c1ccc(-c2cccc(OC(F)(F)F)c2)c(Cl)c1. The molecule has 2 aromatic rings. The molecule has 0 saturated heterocycles. The molecular weight excluding hydrogens is 307 g/mol. The fourth-order valence-corrected chi connectivity index (χ4v) is 2.05. The van der Waals surface area contributed by atoms with Gasteiger partial charge in [-0.05, 0) is 29.8 Å². The van der Waals surface area contributed by atoms with Crippen LogP contribution in [-0.4, -0.2) is 12.3 Å². The summed E-state index contributed by atoms with van der Waals surface area (Å²) in [5.41, 5.74) is 6.23. The van der Waals surface area contributed by atoms with Crippen LogP contribution in [0.1, 0.15) is 10.4 Å². The van der Waals surface area contributed by atoms with Gasteiger partial charge in [0.1, 0.15) is 5.75 Å². The highest BCUT2D eigenvalue weighted by molar-refractivity contribution is 6.33. The standard InChI is InChI=1S/C14H9ClF3NO2/c15-12-7-9(13(19)20)4-5-11(12)8-2-1-3-10(6-8)21-14(16,17)18/h1-7H,(H2,19,20). The topological polar surface area (TPSA) is 52.3 Å². The monoisotopic (exact) mass is 315 g/mol. The van der Waals surface area contributed by atoms with Gasteiger partial charge in [0.25, 0.3) is 0 Å². The summed E-state index contributed by atoms with van der Waals surface area (Å²) in [6.45, 7) is 0. The molecule has 0 aliphatic rings. The van der Waals surface area contributed by atoms with E-state index in [4.69, 9.17) is 17.3 Å². The predicted molar refractivity (Wildman–Crippen MR) is 72.1 cm³/mol. The second-order valence-corrected chi connectivity index (χ2v) is 4.54. The van der Waals surface area contributed by atoms with Gasteiger partial charge < -0.3 is 10.5 Å². The van der Waals surface area contributed by atoms with Crippen LogP contribution >= 0.6 is 11.6 Å². The maximum atomic E-state index is 12.2. The molecule has 110 valence electrons. The molecule has 0 atom stereocenters. The van der Waals surface area contributed by atoms with E-state index in [0.29, 0.717) is 11.1 Å². The van der Waals surface area contributed by atoms with Crippen LogP contribution in [0.4, 0.5) is 13.2 Å². The Morgan fingerprint density at radius 2 is 1.86 bits per heavy atom. The third-order valence-electron chi connectivity index (χ3n) is 2.63. The van der Waals surface area contributed by atoms with Crippen molar-refractivity contribution in [2.75, 3.05) is 0 Å². The summed E-state index contributed by atoms with van der Waals surface area (Å²) in [4.78, 5) is 11.0. The highest BCUT2D eigenvalue weighted by Gasteiger charge is 2.31. The minimum absolute atomic E-state index is 0.204. The van der Waals surface area contributed by atoms with Crippen molar-refractivity contribution < 1.29 is 22.7 Å². The summed E-state index contributed by atoms with van der Waals surface area (Å²) >= 11 is 6.02. The largest absolute Gasteiger partial charge is 0.573 e. The Bertz CT molecular complexity index is 686. The molecule has 7 heteroatoms. The molecule has 0 aliphatic heterocycles. The zero-order chi connectivity index (χ0) is 15.6. The summed E-state index contributed by atoms with van der Waals surface area (Å²) in [6, 6.07) is 9.69. The number of hydrogen-bond donors (Lipinski definition) is 1. The van der Waals surface area contributed by atoms with Gasteiger partial charge in [-0.2, -0.15) is 0 Å². The van der Waals surface area contributed by atoms with Crippen LogP contribution in [0.5, 0.6) is 5.75 Å². The average Bonchev–Trinajstić information content (AvgIpc) is 2.36. The molecule has 2 rings (SSSR count). The van der Waals surface area contributed by atoms with E-state index < -0.39 is 12.3 Å². The second-order valence-electron chi connectivity index (χ2n) is 4.13. The van der Waals surface area contributed by atoms with Crippen molar-refractivity contribution in [1.29, 1.82) is 0 Å². The zero-order valence-electron chi connectivity index (χ0n) is 10.4. The molecule has 3 nitrogen and oxygen atoms in total. The van der Waals surface area contributed by atoms with Gasteiger partial charge in [0.2, 0.25) is 5.91 Å². The van der Waals surface area contributed by atoms with Crippen LogP contribution in [0.3, 0.4) is 0 Å². The van der Waals surface area contributed by atoms with Crippen molar-refractivity contribution in [3.05, 3.63) is 53.1 Å². The summed E-state index contributed by atoms with van der Waals surface area (Å²) in [5, 5.41) is 0.204. The minimum atomic E-state index is -4.77. The lowest BCUT2D eigenvalue weighted by molar-refractivity contribution is -0.274. The number of benzene rings is 2. The molecule has 21 heavy (non-hydrogen) atoms. The Morgan fingerprint density at radius 3 is 2.43 bits per heavy atom. The fourth-order valence-electron chi connectivity index (χ4n) is 1.76. The van der Waals surface area contributed by atoms with Gasteiger partial charge in [0.15, 0.2) is 0 Å². The lowest BCUT2D eigenvalue weighted by atomic mass is 10.0. The van der Waals surface area contributed by atoms with Crippen molar-refractivity contribution >= 4 is 17.5 Å². The maximum absolute atomic E-state index is 12.2. The van der Waals surface area contributed by atoms with Crippen LogP contribution < -0.4 is 10.5 Å². The molecule has 0 fully saturated rings. The minimum Gasteiger partial charge on any atom is -0.406 e. The highest BCUT2D eigenvalue weighted by atomic mass is 35.5. The molecule has 0 heterocycles. The van der Waals surface area contributed by atoms with Crippen molar-refractivity contribution in [2.45, 2.75) is 6.36 Å². The molecule has 0 aromatic heterocycles. The number of hydrogen-bond acceptors (Lipinski definition) is 2. The van der Waals surface area contributed by atoms with Gasteiger partial charge in [0, 0.05) is 16.1 Å². The highest BCUT2D eigenvalue weighted by Crippen LogP contribution is 2.32. The smallest absolute Gasteiger partial charge is 0.406 e. The molecule has 0 spiro atoms. The van der Waals surface area contributed by atoms with Gasteiger partial charge in [-0.3, -0.25) is 4.79 Å². The van der Waals surface area contributed by atoms with Crippen LogP contribution in [0.2, 0.25) is 5.02 Å². The number of nitrogens with two attached hydrogens (primary N) is 1. The number of primary amides is 1. The van der Waals surface area contributed by atoms with Crippen LogP contribution in [-0.2, 0) is 0 Å². The third kappa shape index (κ3) is 3.88. The number of ether oxygens (including phenoxy) is 1. The first kappa shape index (κ1) is 15.2. The number of carbonyl (C=O) groups excluding carboxylic acids is 1. The van der Waals surface area contributed by atoms with Crippen molar-refractivity contribution in [3.8, 4) is 16.9 Å². The second kappa shape index (κ2) is 5.65. The third-order valence-corrected chi connectivity index (χ3v) is 2.94. The number of alkyl halides is 3. The molecule has 0 aliphatic carbocycles. The fraction of sp³-hybridized carbons (Fsp3) is 0.0714. The number of amides is 1. The number of carbonyl (C=O) groups is 1. The van der Waals surface area contributed by atoms with Crippen LogP contribution in [0.15, 0.2) is 42.5 Å². The van der Waals surface area contributed by atoms with E-state index in [0.717, 1.165) is 0 Å². The van der Waals surface area contributed by atoms with E-state index in [1.807, 2.05) is 0 Å². The lowest BCUT2D eigenvalue weighted by Gasteiger charge is -2.11. The summed E-state index contributed by atoms with van der Waals surface area (Å²) in [6.07, 6.45) is -4.77. The summed E-state index contributed by atoms with van der Waals surface area (Å²) in [7, 11) is 0. The summed E-state index contributed by atoms with van der Waals surface area (Å²) in [5.74, 6) is -0.993. The molecule has 0 radical (unpaired) electrons. The predicted octanol–water partition coefficient (Wildman–Crippen LogP) is 4.00. The van der Waals surface area contributed by atoms with Gasteiger partial charge in [-0.15, -0.1) is 13.2 Å².